The molecular weight excluding hydrogens is 346 g/mol. The van der Waals surface area contributed by atoms with Gasteiger partial charge in [-0.05, 0) is 43.4 Å². The Hall–Kier alpha value is -2.90. The molecule has 1 aromatic heterocycles. The minimum Gasteiger partial charge on any atom is -0.497 e. The van der Waals surface area contributed by atoms with E-state index in [1.165, 1.54) is 0 Å². The van der Waals surface area contributed by atoms with Gasteiger partial charge in [-0.1, -0.05) is 12.1 Å². The monoisotopic (exact) mass is 369 g/mol. The molecule has 3 rings (SSSR count). The summed E-state index contributed by atoms with van der Waals surface area (Å²) in [5.41, 5.74) is 0.500. The second kappa shape index (κ2) is 8.66. The molecule has 0 saturated heterocycles. The van der Waals surface area contributed by atoms with Gasteiger partial charge < -0.3 is 19.6 Å². The first-order valence-corrected chi connectivity index (χ1v) is 8.66. The second-order valence-electron chi connectivity index (χ2n) is 6.37. The van der Waals surface area contributed by atoms with E-state index in [-0.39, 0.29) is 12.2 Å². The number of nitrogens with one attached hydrogen (secondary N) is 1. The summed E-state index contributed by atoms with van der Waals surface area (Å²) < 4.78 is 10.7. The van der Waals surface area contributed by atoms with Crippen LogP contribution in [0.4, 0.5) is 0 Å². The van der Waals surface area contributed by atoms with E-state index in [1.807, 2.05) is 30.1 Å². The third kappa shape index (κ3) is 5.06. The van der Waals surface area contributed by atoms with Crippen molar-refractivity contribution >= 4 is 10.9 Å². The molecule has 0 fully saturated rings. The Morgan fingerprint density at radius 2 is 1.85 bits per heavy atom. The van der Waals surface area contributed by atoms with Crippen molar-refractivity contribution in [2.24, 2.45) is 0 Å². The minimum absolute atomic E-state index is 0.160. The van der Waals surface area contributed by atoms with Crippen molar-refractivity contribution in [1.29, 1.82) is 0 Å². The van der Waals surface area contributed by atoms with E-state index in [4.69, 9.17) is 9.47 Å². The molecule has 27 heavy (non-hydrogen) atoms. The fourth-order valence-corrected chi connectivity index (χ4v) is 2.81. The second-order valence-corrected chi connectivity index (χ2v) is 6.37. The molecule has 0 unspecified atom stereocenters. The number of aromatic nitrogens is 2. The molecule has 1 atom stereocenters. The van der Waals surface area contributed by atoms with Gasteiger partial charge in [0.15, 0.2) is 0 Å². The van der Waals surface area contributed by atoms with Gasteiger partial charge in [0.25, 0.3) is 5.56 Å². The average molecular weight is 369 g/mol. The molecule has 2 N–H and O–H groups in total. The first kappa shape index (κ1) is 18.9. The number of nitrogens with zero attached hydrogens (tertiary/aromatic N) is 2. The van der Waals surface area contributed by atoms with Crippen molar-refractivity contribution in [2.45, 2.75) is 12.6 Å². The molecule has 3 aromatic rings. The Morgan fingerprint density at radius 1 is 1.15 bits per heavy atom. The molecule has 0 aliphatic heterocycles. The van der Waals surface area contributed by atoms with E-state index in [2.05, 4.69) is 9.97 Å². The zero-order chi connectivity index (χ0) is 19.2. The van der Waals surface area contributed by atoms with Crippen LogP contribution >= 0.6 is 0 Å². The Morgan fingerprint density at radius 3 is 2.59 bits per heavy atom. The number of aliphatic hydroxyl groups excluding tert-OH is 1. The lowest BCUT2D eigenvalue weighted by Gasteiger charge is -2.20. The fourth-order valence-electron chi connectivity index (χ4n) is 2.81. The summed E-state index contributed by atoms with van der Waals surface area (Å²) in [5.74, 6) is 1.97. The number of para-hydroxylation sites is 1. The third-order valence-corrected chi connectivity index (χ3v) is 4.11. The van der Waals surface area contributed by atoms with Gasteiger partial charge in [-0.25, -0.2) is 4.98 Å². The van der Waals surface area contributed by atoms with Crippen LogP contribution in [0.15, 0.2) is 53.3 Å². The normalized spacial score (nSPS) is 12.3. The zero-order valence-electron chi connectivity index (χ0n) is 15.4. The molecule has 0 aliphatic rings. The largest absolute Gasteiger partial charge is 0.497 e. The molecule has 2 aromatic carbocycles. The van der Waals surface area contributed by atoms with Crippen LogP contribution < -0.4 is 15.0 Å². The zero-order valence-corrected chi connectivity index (χ0v) is 15.4. The summed E-state index contributed by atoms with van der Waals surface area (Å²) in [6.07, 6.45) is -0.677. The summed E-state index contributed by atoms with van der Waals surface area (Å²) in [6.45, 7) is 0.963. The Balaban J connectivity index is 1.53. The van der Waals surface area contributed by atoms with Crippen molar-refractivity contribution in [3.05, 3.63) is 64.7 Å². The predicted octanol–water partition coefficient (Wildman–Crippen LogP) is 1.80. The van der Waals surface area contributed by atoms with Crippen molar-refractivity contribution < 1.29 is 14.6 Å². The van der Waals surface area contributed by atoms with Crippen LogP contribution in [0, 0.1) is 0 Å². The van der Waals surface area contributed by atoms with E-state index >= 15 is 0 Å². The van der Waals surface area contributed by atoms with Crippen molar-refractivity contribution in [3.63, 3.8) is 0 Å². The fraction of sp³-hybridized carbons (Fsp3) is 0.300. The first-order valence-electron chi connectivity index (χ1n) is 8.66. The lowest BCUT2D eigenvalue weighted by Crippen LogP contribution is -2.33. The molecule has 142 valence electrons. The number of aromatic amines is 1. The summed E-state index contributed by atoms with van der Waals surface area (Å²) in [7, 11) is 3.46. The number of aliphatic hydroxyl groups is 1. The van der Waals surface area contributed by atoms with E-state index in [0.29, 0.717) is 35.6 Å². The van der Waals surface area contributed by atoms with Crippen LogP contribution in [0.3, 0.4) is 0 Å². The highest BCUT2D eigenvalue weighted by atomic mass is 16.5. The number of ether oxygens (including phenoxy) is 2. The van der Waals surface area contributed by atoms with Crippen molar-refractivity contribution in [1.82, 2.24) is 14.9 Å². The van der Waals surface area contributed by atoms with E-state index in [0.717, 1.165) is 5.75 Å². The number of methoxy groups -OCH3 is 1. The lowest BCUT2D eigenvalue weighted by atomic mass is 10.2. The highest BCUT2D eigenvalue weighted by Crippen LogP contribution is 2.17. The molecule has 0 bridgehead atoms. The summed E-state index contributed by atoms with van der Waals surface area (Å²) in [4.78, 5) is 21.3. The molecule has 0 radical (unpaired) electrons. The van der Waals surface area contributed by atoms with Crippen LogP contribution in [0.5, 0.6) is 11.5 Å². The maximum absolute atomic E-state index is 12.1. The first-order chi connectivity index (χ1) is 13.0. The summed E-state index contributed by atoms with van der Waals surface area (Å²) in [6, 6.07) is 14.4. The van der Waals surface area contributed by atoms with E-state index < -0.39 is 6.10 Å². The molecule has 0 amide bonds. The number of hydrogen-bond donors (Lipinski definition) is 2. The molecule has 0 saturated carbocycles. The van der Waals surface area contributed by atoms with Gasteiger partial charge in [0.1, 0.15) is 30.0 Å². The third-order valence-electron chi connectivity index (χ3n) is 4.11. The molecule has 7 nitrogen and oxygen atoms in total. The van der Waals surface area contributed by atoms with Gasteiger partial charge >= 0.3 is 0 Å². The number of fused-ring (bicyclic) bond motifs is 1. The molecule has 1 heterocycles. The predicted molar refractivity (Wildman–Crippen MR) is 103 cm³/mol. The smallest absolute Gasteiger partial charge is 0.258 e. The molecule has 0 aliphatic carbocycles. The number of hydrogen-bond acceptors (Lipinski definition) is 6. The van der Waals surface area contributed by atoms with Crippen LogP contribution in [0.2, 0.25) is 0 Å². The van der Waals surface area contributed by atoms with Gasteiger partial charge in [-0.15, -0.1) is 0 Å². The number of likely N-dealkylation sites (N-methyl/N-ethyl adjacent to an activating group) is 1. The SMILES string of the molecule is COc1ccc(OC[C@@H](O)CN(C)Cc2nc3ccccc3c(=O)[nH]2)cc1. The Labute approximate surface area is 157 Å². The van der Waals surface area contributed by atoms with Gasteiger partial charge in [-0.2, -0.15) is 0 Å². The summed E-state index contributed by atoms with van der Waals surface area (Å²) >= 11 is 0. The van der Waals surface area contributed by atoms with Crippen LogP contribution in [0.25, 0.3) is 10.9 Å². The van der Waals surface area contributed by atoms with Crippen LogP contribution in [-0.2, 0) is 6.54 Å². The number of benzene rings is 2. The van der Waals surface area contributed by atoms with Crippen molar-refractivity contribution in [3.8, 4) is 11.5 Å². The number of H-pyrrole nitrogens is 1. The Kier molecular flexibility index (Phi) is 6.05. The van der Waals surface area contributed by atoms with Gasteiger partial charge in [0.05, 0.1) is 24.6 Å². The average Bonchev–Trinajstić information content (AvgIpc) is 2.66. The maximum atomic E-state index is 12.1. The van der Waals surface area contributed by atoms with Crippen LogP contribution in [-0.4, -0.2) is 53.4 Å². The standard InChI is InChI=1S/C20H23N3O4/c1-23(11-14(24)13-27-16-9-7-15(26-2)8-10-16)12-19-21-18-6-4-3-5-17(18)20(25)22-19/h3-10,14,24H,11-13H2,1-2H3,(H,21,22,25)/t14-/m0/s1. The minimum atomic E-state index is -0.677. The molecule has 7 heteroatoms. The van der Waals surface area contributed by atoms with Crippen LogP contribution in [0.1, 0.15) is 5.82 Å². The van der Waals surface area contributed by atoms with E-state index in [9.17, 15) is 9.90 Å². The topological polar surface area (TPSA) is 87.7 Å². The molecule has 0 spiro atoms. The van der Waals surface area contributed by atoms with Gasteiger partial charge in [-0.3, -0.25) is 9.69 Å². The van der Waals surface area contributed by atoms with Crippen molar-refractivity contribution in [2.75, 3.05) is 27.3 Å². The highest BCUT2D eigenvalue weighted by molar-refractivity contribution is 5.77. The molecular formula is C20H23N3O4. The quantitative estimate of drug-likeness (QED) is 0.630. The lowest BCUT2D eigenvalue weighted by molar-refractivity contribution is 0.0737. The van der Waals surface area contributed by atoms with Gasteiger partial charge in [0.2, 0.25) is 0 Å². The summed E-state index contributed by atoms with van der Waals surface area (Å²) in [5, 5.41) is 10.8. The highest BCUT2D eigenvalue weighted by Gasteiger charge is 2.12. The van der Waals surface area contributed by atoms with Gasteiger partial charge in [0, 0.05) is 6.54 Å². The Bertz CT molecular complexity index is 940. The maximum Gasteiger partial charge on any atom is 0.258 e. The van der Waals surface area contributed by atoms with E-state index in [1.54, 1.807) is 37.4 Å². The number of rotatable bonds is 8.